The van der Waals surface area contributed by atoms with Crippen molar-refractivity contribution < 1.29 is 9.59 Å². The third kappa shape index (κ3) is 3.09. The van der Waals surface area contributed by atoms with E-state index in [1.54, 1.807) is 18.0 Å². The average Bonchev–Trinajstić information content (AvgIpc) is 2.91. The molecule has 0 radical (unpaired) electrons. The summed E-state index contributed by atoms with van der Waals surface area (Å²) in [5.41, 5.74) is 0.959. The topological polar surface area (TPSA) is 67.2 Å². The fraction of sp³-hybridized carbons (Fsp3) is 0.667. The molecule has 0 bridgehead atoms. The van der Waals surface area contributed by atoms with Crippen LogP contribution in [0.15, 0.2) is 12.4 Å². The second kappa shape index (κ2) is 6.28. The molecule has 1 saturated heterocycles. The van der Waals surface area contributed by atoms with E-state index in [0.717, 1.165) is 18.5 Å². The van der Waals surface area contributed by atoms with Gasteiger partial charge in [0.2, 0.25) is 11.8 Å². The molecule has 1 aliphatic heterocycles. The largest absolute Gasteiger partial charge is 0.343 e. The molecular weight excluding hydrogens is 268 g/mol. The summed E-state index contributed by atoms with van der Waals surface area (Å²) in [4.78, 5) is 26.5. The molecule has 1 N–H and O–H groups in total. The minimum Gasteiger partial charge on any atom is -0.343 e. The van der Waals surface area contributed by atoms with E-state index in [2.05, 4.69) is 10.4 Å². The Morgan fingerprint density at radius 3 is 2.67 bits per heavy atom. The van der Waals surface area contributed by atoms with Crippen LogP contribution in [0.2, 0.25) is 0 Å². The predicted octanol–water partition coefficient (Wildman–Crippen LogP) is 1.16. The molecule has 3 unspecified atom stereocenters. The Bertz CT molecular complexity index is 525. The van der Waals surface area contributed by atoms with E-state index in [-0.39, 0.29) is 17.7 Å². The number of aromatic nitrogens is 2. The normalized spacial score (nSPS) is 24.1. The van der Waals surface area contributed by atoms with E-state index in [9.17, 15) is 9.59 Å². The quantitative estimate of drug-likeness (QED) is 0.885. The van der Waals surface area contributed by atoms with Crippen LogP contribution < -0.4 is 5.32 Å². The Morgan fingerprint density at radius 1 is 1.38 bits per heavy atom. The van der Waals surface area contributed by atoms with Crippen LogP contribution in [0.5, 0.6) is 0 Å². The number of nitrogens with one attached hydrogen (secondary N) is 1. The average molecular weight is 292 g/mol. The number of amides is 2. The minimum atomic E-state index is -0.459. The van der Waals surface area contributed by atoms with Crippen molar-refractivity contribution in [1.82, 2.24) is 20.0 Å². The van der Waals surface area contributed by atoms with Gasteiger partial charge in [-0.2, -0.15) is 5.10 Å². The van der Waals surface area contributed by atoms with Crippen LogP contribution in [0.4, 0.5) is 0 Å². The Labute approximate surface area is 125 Å². The molecule has 2 rings (SSSR count). The third-order valence-corrected chi connectivity index (χ3v) is 4.16. The highest BCUT2D eigenvalue weighted by atomic mass is 16.2. The smallest absolute Gasteiger partial charge is 0.245 e. The Balaban J connectivity index is 2.25. The number of carbonyl (C=O) groups is 2. The van der Waals surface area contributed by atoms with Gasteiger partial charge in [0.15, 0.2) is 0 Å². The lowest BCUT2D eigenvalue weighted by Gasteiger charge is -2.40. The number of aryl methyl sites for hydroxylation is 1. The lowest BCUT2D eigenvalue weighted by atomic mass is 9.93. The number of piperazine rings is 1. The van der Waals surface area contributed by atoms with E-state index in [1.807, 2.05) is 31.6 Å². The van der Waals surface area contributed by atoms with Crippen molar-refractivity contribution in [3.63, 3.8) is 0 Å². The van der Waals surface area contributed by atoms with Gasteiger partial charge in [-0.1, -0.05) is 20.3 Å². The maximum absolute atomic E-state index is 12.5. The van der Waals surface area contributed by atoms with Crippen LogP contribution in [0, 0.1) is 5.92 Å². The number of rotatable bonds is 5. The molecule has 0 spiro atoms. The van der Waals surface area contributed by atoms with E-state index < -0.39 is 12.1 Å². The van der Waals surface area contributed by atoms with E-state index in [4.69, 9.17) is 0 Å². The first-order valence-electron chi connectivity index (χ1n) is 7.60. The molecule has 0 saturated carbocycles. The lowest BCUT2D eigenvalue weighted by Crippen LogP contribution is -2.63. The van der Waals surface area contributed by atoms with Crippen LogP contribution in [0.3, 0.4) is 0 Å². The Kier molecular flexibility index (Phi) is 4.65. The van der Waals surface area contributed by atoms with Gasteiger partial charge in [-0.3, -0.25) is 14.3 Å². The number of nitrogens with zero attached hydrogens (tertiary/aromatic N) is 3. The molecule has 1 fully saturated rings. The first kappa shape index (κ1) is 15.5. The summed E-state index contributed by atoms with van der Waals surface area (Å²) in [5, 5.41) is 7.01. The number of carbonyl (C=O) groups excluding carboxylic acids is 2. The van der Waals surface area contributed by atoms with Crippen LogP contribution in [-0.2, 0) is 22.7 Å². The summed E-state index contributed by atoms with van der Waals surface area (Å²) in [6.45, 7) is 9.02. The molecule has 6 nitrogen and oxygen atoms in total. The van der Waals surface area contributed by atoms with Gasteiger partial charge in [0.05, 0.1) is 6.20 Å². The zero-order valence-electron chi connectivity index (χ0n) is 13.2. The summed E-state index contributed by atoms with van der Waals surface area (Å²) in [6.07, 6.45) is 4.55. The molecule has 0 aromatic carbocycles. The Hall–Kier alpha value is -1.85. The molecule has 116 valence electrons. The summed E-state index contributed by atoms with van der Waals surface area (Å²) >= 11 is 0. The van der Waals surface area contributed by atoms with Crippen LogP contribution in [-0.4, -0.2) is 38.6 Å². The van der Waals surface area contributed by atoms with Crippen LogP contribution in [0.1, 0.15) is 39.7 Å². The summed E-state index contributed by atoms with van der Waals surface area (Å²) in [7, 11) is 0. The van der Waals surface area contributed by atoms with Crippen molar-refractivity contribution in [2.24, 2.45) is 5.92 Å². The van der Waals surface area contributed by atoms with Gasteiger partial charge in [-0.05, 0) is 19.8 Å². The van der Waals surface area contributed by atoms with Gasteiger partial charge < -0.3 is 10.2 Å². The van der Waals surface area contributed by atoms with Crippen molar-refractivity contribution in [2.75, 3.05) is 0 Å². The van der Waals surface area contributed by atoms with Crippen LogP contribution >= 0.6 is 0 Å². The zero-order valence-corrected chi connectivity index (χ0v) is 13.2. The molecule has 6 heteroatoms. The van der Waals surface area contributed by atoms with Gasteiger partial charge in [-0.15, -0.1) is 0 Å². The molecule has 3 atom stereocenters. The molecule has 2 amide bonds. The predicted molar refractivity (Wildman–Crippen MR) is 79.3 cm³/mol. The van der Waals surface area contributed by atoms with Gasteiger partial charge >= 0.3 is 0 Å². The number of hydrogen-bond acceptors (Lipinski definition) is 3. The van der Waals surface area contributed by atoms with Gasteiger partial charge in [0.25, 0.3) is 0 Å². The Morgan fingerprint density at radius 2 is 2.10 bits per heavy atom. The van der Waals surface area contributed by atoms with Crippen molar-refractivity contribution in [3.05, 3.63) is 18.0 Å². The third-order valence-electron chi connectivity index (χ3n) is 4.16. The van der Waals surface area contributed by atoms with Gasteiger partial charge in [0.1, 0.15) is 12.1 Å². The fourth-order valence-electron chi connectivity index (χ4n) is 2.71. The van der Waals surface area contributed by atoms with Gasteiger partial charge in [0, 0.05) is 24.8 Å². The maximum atomic E-state index is 12.5. The molecular formula is C15H24N4O2. The molecule has 0 aliphatic carbocycles. The van der Waals surface area contributed by atoms with Crippen molar-refractivity contribution >= 4 is 11.8 Å². The molecule has 2 heterocycles. The second-order valence-electron chi connectivity index (χ2n) is 5.73. The second-order valence-corrected chi connectivity index (χ2v) is 5.73. The fourth-order valence-corrected chi connectivity index (χ4v) is 2.71. The molecule has 1 aromatic rings. The van der Waals surface area contributed by atoms with E-state index >= 15 is 0 Å². The number of hydrogen-bond donors (Lipinski definition) is 1. The van der Waals surface area contributed by atoms with Crippen molar-refractivity contribution in [2.45, 2.75) is 59.3 Å². The maximum Gasteiger partial charge on any atom is 0.245 e. The molecule has 1 aromatic heterocycles. The summed E-state index contributed by atoms with van der Waals surface area (Å²) < 4.78 is 1.82. The lowest BCUT2D eigenvalue weighted by molar-refractivity contribution is -0.151. The van der Waals surface area contributed by atoms with Crippen molar-refractivity contribution in [1.29, 1.82) is 0 Å². The highest BCUT2D eigenvalue weighted by Crippen LogP contribution is 2.22. The molecule has 1 aliphatic rings. The first-order chi connectivity index (χ1) is 9.97. The van der Waals surface area contributed by atoms with Gasteiger partial charge in [-0.25, -0.2) is 0 Å². The highest BCUT2D eigenvalue weighted by molar-refractivity contribution is 5.96. The first-order valence-corrected chi connectivity index (χ1v) is 7.60. The summed E-state index contributed by atoms with van der Waals surface area (Å²) in [5.74, 6) is 0.0474. The molecule has 21 heavy (non-hydrogen) atoms. The van der Waals surface area contributed by atoms with Crippen molar-refractivity contribution in [3.8, 4) is 0 Å². The summed E-state index contributed by atoms with van der Waals surface area (Å²) in [6, 6.07) is -0.859. The minimum absolute atomic E-state index is 0.0239. The standard InChI is InChI=1S/C15H24N4O2/c1-5-10(3)13-14(20)17-11(4)15(21)19(13)9-12-7-16-18(6-2)8-12/h7-8,10-11,13H,5-6,9H2,1-4H3,(H,17,20). The highest BCUT2D eigenvalue weighted by Gasteiger charge is 2.40. The van der Waals surface area contributed by atoms with E-state index in [1.165, 1.54) is 0 Å². The van der Waals surface area contributed by atoms with E-state index in [0.29, 0.717) is 6.54 Å². The van der Waals surface area contributed by atoms with Crippen LogP contribution in [0.25, 0.3) is 0 Å². The SMILES string of the molecule is CCC(C)C1C(=O)NC(C)C(=O)N1Cc1cnn(CC)c1. The zero-order chi connectivity index (χ0) is 15.6. The monoisotopic (exact) mass is 292 g/mol.